The summed E-state index contributed by atoms with van der Waals surface area (Å²) in [7, 11) is 1.87. The molecule has 5 heteroatoms. The smallest absolute Gasteiger partial charge is 0.259 e. The zero-order chi connectivity index (χ0) is 11.7. The summed E-state index contributed by atoms with van der Waals surface area (Å²) < 4.78 is 1.79. The van der Waals surface area contributed by atoms with Crippen LogP contribution in [0.15, 0.2) is 17.6 Å². The average Bonchev–Trinajstić information content (AvgIpc) is 2.82. The van der Waals surface area contributed by atoms with Crippen LogP contribution in [-0.4, -0.2) is 15.7 Å². The van der Waals surface area contributed by atoms with Gasteiger partial charge in [-0.3, -0.25) is 9.48 Å². The van der Waals surface area contributed by atoms with Crippen molar-refractivity contribution in [3.8, 4) is 11.3 Å². The molecule has 0 radical (unpaired) electrons. The van der Waals surface area contributed by atoms with E-state index in [1.807, 2.05) is 24.7 Å². The first kappa shape index (κ1) is 10.9. The lowest BCUT2D eigenvalue weighted by atomic mass is 10.1. The molecule has 2 rings (SSSR count). The number of nitrogens with zero attached hydrogens (tertiary/aromatic N) is 2. The van der Waals surface area contributed by atoms with Crippen molar-refractivity contribution >= 4 is 17.2 Å². The van der Waals surface area contributed by atoms with Gasteiger partial charge in [-0.15, -0.1) is 11.3 Å². The molecule has 2 heterocycles. The van der Waals surface area contributed by atoms with Gasteiger partial charge in [-0.1, -0.05) is 6.92 Å². The Hall–Kier alpha value is -1.62. The molecule has 16 heavy (non-hydrogen) atoms. The van der Waals surface area contributed by atoms with Crippen molar-refractivity contribution in [1.82, 2.24) is 9.78 Å². The van der Waals surface area contributed by atoms with Gasteiger partial charge in [-0.2, -0.15) is 5.10 Å². The number of aromatic nitrogens is 2. The highest BCUT2D eigenvalue weighted by molar-refractivity contribution is 7.12. The number of nitrogens with two attached hydrogens (primary N) is 1. The second-order valence-electron chi connectivity index (χ2n) is 3.52. The fraction of sp³-hybridized carbons (Fsp3) is 0.273. The van der Waals surface area contributed by atoms with E-state index in [9.17, 15) is 4.79 Å². The third-order valence-corrected chi connectivity index (χ3v) is 3.47. The first-order chi connectivity index (χ1) is 7.65. The molecule has 0 saturated heterocycles. The van der Waals surface area contributed by atoms with Crippen molar-refractivity contribution < 1.29 is 4.79 Å². The van der Waals surface area contributed by atoms with Crippen LogP contribution in [0, 0.1) is 0 Å². The SMILES string of the molecule is CCc1cnn(C)c1-c1ccsc1C(N)=O. The lowest BCUT2D eigenvalue weighted by Crippen LogP contribution is -2.10. The van der Waals surface area contributed by atoms with Crippen molar-refractivity contribution in [2.45, 2.75) is 13.3 Å². The molecule has 1 amide bonds. The first-order valence-electron chi connectivity index (χ1n) is 5.03. The molecule has 0 unspecified atom stereocenters. The second-order valence-corrected chi connectivity index (χ2v) is 4.44. The molecular formula is C11H13N3OS. The number of rotatable bonds is 3. The molecule has 2 aromatic heterocycles. The number of thiophene rings is 1. The van der Waals surface area contributed by atoms with Gasteiger partial charge in [0.05, 0.1) is 11.9 Å². The van der Waals surface area contributed by atoms with Crippen LogP contribution in [0.4, 0.5) is 0 Å². The van der Waals surface area contributed by atoms with E-state index in [1.165, 1.54) is 11.3 Å². The van der Waals surface area contributed by atoms with Crippen LogP contribution < -0.4 is 5.73 Å². The Kier molecular flexibility index (Phi) is 2.78. The molecule has 4 nitrogen and oxygen atoms in total. The van der Waals surface area contributed by atoms with Crippen LogP contribution in [0.25, 0.3) is 11.3 Å². The zero-order valence-electron chi connectivity index (χ0n) is 9.23. The van der Waals surface area contributed by atoms with Gasteiger partial charge in [0, 0.05) is 12.6 Å². The van der Waals surface area contributed by atoms with Crippen molar-refractivity contribution in [3.05, 3.63) is 28.1 Å². The van der Waals surface area contributed by atoms with Gasteiger partial charge < -0.3 is 5.73 Å². The van der Waals surface area contributed by atoms with Crippen LogP contribution in [-0.2, 0) is 13.5 Å². The summed E-state index contributed by atoms with van der Waals surface area (Å²) >= 11 is 1.37. The van der Waals surface area contributed by atoms with Crippen LogP contribution >= 0.6 is 11.3 Å². The van der Waals surface area contributed by atoms with Crippen LogP contribution in [0.5, 0.6) is 0 Å². The van der Waals surface area contributed by atoms with E-state index in [4.69, 9.17) is 5.73 Å². The highest BCUT2D eigenvalue weighted by atomic mass is 32.1. The topological polar surface area (TPSA) is 60.9 Å². The second kappa shape index (κ2) is 4.09. The average molecular weight is 235 g/mol. The Labute approximate surface area is 97.7 Å². The zero-order valence-corrected chi connectivity index (χ0v) is 10.0. The van der Waals surface area contributed by atoms with Gasteiger partial charge in [0.2, 0.25) is 0 Å². The number of carbonyl (C=O) groups is 1. The van der Waals surface area contributed by atoms with Crippen molar-refractivity contribution in [3.63, 3.8) is 0 Å². The van der Waals surface area contributed by atoms with Gasteiger partial charge in [-0.05, 0) is 23.4 Å². The van der Waals surface area contributed by atoms with Gasteiger partial charge in [-0.25, -0.2) is 0 Å². The maximum absolute atomic E-state index is 11.3. The summed E-state index contributed by atoms with van der Waals surface area (Å²) in [5.74, 6) is -0.381. The third kappa shape index (κ3) is 1.63. The highest BCUT2D eigenvalue weighted by Crippen LogP contribution is 2.30. The summed E-state index contributed by atoms with van der Waals surface area (Å²) in [6.07, 6.45) is 2.72. The van der Waals surface area contributed by atoms with E-state index in [-0.39, 0.29) is 5.91 Å². The molecule has 0 atom stereocenters. The fourth-order valence-corrected chi connectivity index (χ4v) is 2.52. The van der Waals surface area contributed by atoms with E-state index in [2.05, 4.69) is 12.0 Å². The summed E-state index contributed by atoms with van der Waals surface area (Å²) in [4.78, 5) is 11.9. The van der Waals surface area contributed by atoms with E-state index >= 15 is 0 Å². The van der Waals surface area contributed by atoms with Crippen LogP contribution in [0.3, 0.4) is 0 Å². The summed E-state index contributed by atoms with van der Waals surface area (Å²) in [6.45, 7) is 2.07. The Morgan fingerprint density at radius 1 is 1.62 bits per heavy atom. The number of aryl methyl sites for hydroxylation is 2. The van der Waals surface area contributed by atoms with E-state index in [0.29, 0.717) is 4.88 Å². The lowest BCUT2D eigenvalue weighted by Gasteiger charge is -2.04. The Bertz CT molecular complexity index is 527. The minimum absolute atomic E-state index is 0.381. The maximum Gasteiger partial charge on any atom is 0.259 e. The summed E-state index contributed by atoms with van der Waals surface area (Å²) in [6, 6.07) is 1.92. The standard InChI is InChI=1S/C11H13N3OS/c1-3-7-6-13-14(2)9(7)8-4-5-16-10(8)11(12)15/h4-6H,3H2,1-2H3,(H2,12,15). The molecule has 0 spiro atoms. The molecule has 0 bridgehead atoms. The van der Waals surface area contributed by atoms with Crippen molar-refractivity contribution in [2.75, 3.05) is 0 Å². The van der Waals surface area contributed by atoms with Gasteiger partial charge in [0.15, 0.2) is 0 Å². The van der Waals surface area contributed by atoms with Gasteiger partial charge >= 0.3 is 0 Å². The number of hydrogen-bond acceptors (Lipinski definition) is 3. The normalized spacial score (nSPS) is 10.6. The lowest BCUT2D eigenvalue weighted by molar-refractivity contribution is 0.100. The Balaban J connectivity index is 2.62. The maximum atomic E-state index is 11.3. The summed E-state index contributed by atoms with van der Waals surface area (Å²) in [5.41, 5.74) is 8.34. The number of carbonyl (C=O) groups excluding carboxylic acids is 1. The fourth-order valence-electron chi connectivity index (χ4n) is 1.78. The first-order valence-corrected chi connectivity index (χ1v) is 5.91. The molecule has 2 aromatic rings. The molecule has 2 N–H and O–H groups in total. The molecule has 0 saturated carbocycles. The minimum Gasteiger partial charge on any atom is -0.365 e. The molecule has 0 aliphatic heterocycles. The Morgan fingerprint density at radius 3 is 3.00 bits per heavy atom. The molecule has 0 aromatic carbocycles. The number of hydrogen-bond donors (Lipinski definition) is 1. The summed E-state index contributed by atoms with van der Waals surface area (Å²) in [5, 5.41) is 6.09. The van der Waals surface area contributed by atoms with Crippen molar-refractivity contribution in [1.29, 1.82) is 0 Å². The third-order valence-electron chi connectivity index (χ3n) is 2.54. The number of amides is 1. The largest absolute Gasteiger partial charge is 0.365 e. The molecular weight excluding hydrogens is 222 g/mol. The van der Waals surface area contributed by atoms with Crippen molar-refractivity contribution in [2.24, 2.45) is 12.8 Å². The molecule has 0 aliphatic carbocycles. The highest BCUT2D eigenvalue weighted by Gasteiger charge is 2.17. The minimum atomic E-state index is -0.381. The van der Waals surface area contributed by atoms with Crippen LogP contribution in [0.2, 0.25) is 0 Å². The molecule has 0 aliphatic rings. The monoisotopic (exact) mass is 235 g/mol. The van der Waals surface area contributed by atoms with E-state index < -0.39 is 0 Å². The molecule has 0 fully saturated rings. The number of primary amides is 1. The van der Waals surface area contributed by atoms with Gasteiger partial charge in [0.1, 0.15) is 4.88 Å². The van der Waals surface area contributed by atoms with E-state index in [1.54, 1.807) is 4.68 Å². The predicted octanol–water partition coefficient (Wildman–Crippen LogP) is 1.81. The van der Waals surface area contributed by atoms with Crippen LogP contribution in [0.1, 0.15) is 22.2 Å². The van der Waals surface area contributed by atoms with Gasteiger partial charge in [0.25, 0.3) is 5.91 Å². The quantitative estimate of drug-likeness (QED) is 0.882. The molecule has 84 valence electrons. The predicted molar refractivity (Wildman–Crippen MR) is 64.4 cm³/mol. The Morgan fingerprint density at radius 2 is 2.38 bits per heavy atom. The van der Waals surface area contributed by atoms with E-state index in [0.717, 1.165) is 23.2 Å².